The molecule has 0 saturated carbocycles. The number of halogens is 3. The van der Waals surface area contributed by atoms with Crippen LogP contribution in [0.25, 0.3) is 0 Å². The Labute approximate surface area is 170 Å². The molecule has 0 aromatic rings. The monoisotopic (exact) mass is 459 g/mol. The summed E-state index contributed by atoms with van der Waals surface area (Å²) in [6.45, 7) is 10.2. The van der Waals surface area contributed by atoms with Gasteiger partial charge in [-0.2, -0.15) is 21.6 Å². The number of carbonyl (C=O) groups is 1. The number of rotatable bonds is 5. The third kappa shape index (κ3) is 4.49. The van der Waals surface area contributed by atoms with Crippen molar-refractivity contribution in [1.82, 2.24) is 4.90 Å². The first-order valence-electron chi connectivity index (χ1n) is 9.15. The molecule has 2 aliphatic heterocycles. The van der Waals surface area contributed by atoms with E-state index in [1.54, 1.807) is 7.05 Å². The van der Waals surface area contributed by atoms with Gasteiger partial charge < -0.3 is 13.3 Å². The highest BCUT2D eigenvalue weighted by Crippen LogP contribution is 2.45. The van der Waals surface area contributed by atoms with Crippen molar-refractivity contribution in [1.29, 1.82) is 0 Å². The average Bonchev–Trinajstić information content (AvgIpc) is 2.72. The predicted molar refractivity (Wildman–Crippen MR) is 102 cm³/mol. The number of likely N-dealkylation sites (N-methyl/N-ethyl adjacent to an activating group) is 1. The number of methoxy groups -OCH3 is 1. The summed E-state index contributed by atoms with van der Waals surface area (Å²) in [7, 11) is -5.37. The molecule has 7 nitrogen and oxygen atoms in total. The van der Waals surface area contributed by atoms with Crippen LogP contribution in [0, 0.1) is 0 Å². The molecule has 1 saturated heterocycles. The van der Waals surface area contributed by atoms with E-state index in [4.69, 9.17) is 9.16 Å². The van der Waals surface area contributed by atoms with Gasteiger partial charge in [0.1, 0.15) is 5.76 Å². The number of hydrogen-bond donors (Lipinski definition) is 0. The predicted octanol–water partition coefficient (Wildman–Crippen LogP) is 3.15. The molecule has 3 atom stereocenters. The molecule has 12 heteroatoms. The first-order chi connectivity index (χ1) is 12.9. The fourth-order valence-corrected chi connectivity index (χ4v) is 5.28. The zero-order chi connectivity index (χ0) is 22.6. The van der Waals surface area contributed by atoms with Crippen molar-refractivity contribution in [3.63, 3.8) is 0 Å². The lowest BCUT2D eigenvalue weighted by Gasteiger charge is -2.41. The third-order valence-electron chi connectivity index (χ3n) is 6.04. The van der Waals surface area contributed by atoms with Crippen molar-refractivity contribution in [2.75, 3.05) is 14.2 Å². The van der Waals surface area contributed by atoms with Crippen molar-refractivity contribution < 1.29 is 39.7 Å². The molecular weight excluding hydrogens is 431 g/mol. The molecule has 0 radical (unpaired) electrons. The number of esters is 1. The van der Waals surface area contributed by atoms with Crippen LogP contribution in [0.4, 0.5) is 13.2 Å². The van der Waals surface area contributed by atoms with Crippen molar-refractivity contribution in [2.45, 2.75) is 75.4 Å². The average molecular weight is 460 g/mol. The van der Waals surface area contributed by atoms with E-state index < -0.39 is 47.8 Å². The SMILES string of the molecule is COC(=O)C1=C(OS(=O)(=O)C(F)(F)F)C[C@@H]2C[C@@H](O[Si](C)(C)C(C)(C)C)[C@H]1N2C. The highest BCUT2D eigenvalue weighted by molar-refractivity contribution is 7.87. The van der Waals surface area contributed by atoms with Gasteiger partial charge in [0.2, 0.25) is 0 Å². The van der Waals surface area contributed by atoms with E-state index in [1.807, 2.05) is 38.8 Å². The molecular formula is C17H28F3NO6SSi. The fraction of sp³-hybridized carbons (Fsp3) is 0.824. The first kappa shape index (κ1) is 24.2. The summed E-state index contributed by atoms with van der Waals surface area (Å²) in [5, 5.41) is -0.129. The summed E-state index contributed by atoms with van der Waals surface area (Å²) >= 11 is 0. The molecule has 0 amide bonds. The molecule has 2 rings (SSSR count). The molecule has 2 bridgehead atoms. The van der Waals surface area contributed by atoms with Crippen LogP contribution in [-0.4, -0.2) is 65.5 Å². The number of fused-ring (bicyclic) bond motifs is 2. The maximum atomic E-state index is 12.8. The molecule has 2 aliphatic rings. The maximum absolute atomic E-state index is 12.8. The first-order valence-corrected chi connectivity index (χ1v) is 13.5. The van der Waals surface area contributed by atoms with Gasteiger partial charge in [0.25, 0.3) is 0 Å². The minimum Gasteiger partial charge on any atom is -0.466 e. The van der Waals surface area contributed by atoms with Crippen LogP contribution in [0.15, 0.2) is 11.3 Å². The van der Waals surface area contributed by atoms with E-state index in [0.717, 1.165) is 7.11 Å². The van der Waals surface area contributed by atoms with E-state index >= 15 is 0 Å². The van der Waals surface area contributed by atoms with E-state index in [-0.39, 0.29) is 23.1 Å². The van der Waals surface area contributed by atoms with Crippen LogP contribution in [-0.2, 0) is 28.3 Å². The van der Waals surface area contributed by atoms with Gasteiger partial charge in [0.15, 0.2) is 8.32 Å². The number of carbonyl (C=O) groups excluding carboxylic acids is 1. The fourth-order valence-electron chi connectivity index (χ4n) is 3.43. The third-order valence-corrected chi connectivity index (χ3v) is 11.5. The van der Waals surface area contributed by atoms with Crippen LogP contribution >= 0.6 is 0 Å². The van der Waals surface area contributed by atoms with Crippen LogP contribution in [0.5, 0.6) is 0 Å². The van der Waals surface area contributed by atoms with E-state index in [0.29, 0.717) is 6.42 Å². The summed E-state index contributed by atoms with van der Waals surface area (Å²) in [6, 6.07) is -1.07. The topological polar surface area (TPSA) is 82.1 Å². The van der Waals surface area contributed by atoms with Gasteiger partial charge in [-0.15, -0.1) is 0 Å². The molecule has 2 heterocycles. The minimum absolute atomic E-state index is 0.129. The molecule has 0 spiro atoms. The van der Waals surface area contributed by atoms with Crippen molar-refractivity contribution in [2.24, 2.45) is 0 Å². The summed E-state index contributed by atoms with van der Waals surface area (Å²) in [5.41, 5.74) is -5.83. The summed E-state index contributed by atoms with van der Waals surface area (Å²) in [5.74, 6) is -1.46. The van der Waals surface area contributed by atoms with Crippen LogP contribution in [0.3, 0.4) is 0 Å². The Hall–Kier alpha value is -1.11. The number of hydrogen-bond acceptors (Lipinski definition) is 7. The van der Waals surface area contributed by atoms with E-state index in [2.05, 4.69) is 4.18 Å². The van der Waals surface area contributed by atoms with E-state index in [9.17, 15) is 26.4 Å². The summed E-state index contributed by atoms with van der Waals surface area (Å²) < 4.78 is 77.2. The second-order valence-electron chi connectivity index (χ2n) is 8.93. The molecule has 168 valence electrons. The molecule has 0 aromatic carbocycles. The molecule has 29 heavy (non-hydrogen) atoms. The normalized spacial score (nSPS) is 26.6. The standard InChI is InChI=1S/C17H28F3NO6SSi/c1-16(2,3)29(6,7)27-12-9-10-8-11(26-28(23,24)17(18,19)20)13(15(22)25-5)14(12)21(10)4/h10,12,14H,8-9H2,1-7H3/t10-,12-,14-/m1/s1. The smallest absolute Gasteiger partial charge is 0.466 e. The Morgan fingerprint density at radius 2 is 1.76 bits per heavy atom. The largest absolute Gasteiger partial charge is 0.534 e. The lowest BCUT2D eigenvalue weighted by atomic mass is 9.99. The molecule has 0 N–H and O–H groups in total. The Kier molecular flexibility index (Phi) is 6.28. The van der Waals surface area contributed by atoms with Gasteiger partial charge in [-0.05, 0) is 31.6 Å². The molecule has 0 unspecified atom stereocenters. The van der Waals surface area contributed by atoms with E-state index in [1.165, 1.54) is 0 Å². The highest BCUT2D eigenvalue weighted by atomic mass is 32.2. The number of alkyl halides is 3. The maximum Gasteiger partial charge on any atom is 0.534 e. The van der Waals surface area contributed by atoms with Gasteiger partial charge >= 0.3 is 21.6 Å². The highest BCUT2D eigenvalue weighted by Gasteiger charge is 2.55. The molecule has 1 fully saturated rings. The van der Waals surface area contributed by atoms with Crippen LogP contribution in [0.2, 0.25) is 18.1 Å². The van der Waals surface area contributed by atoms with Gasteiger partial charge in [0.05, 0.1) is 24.8 Å². The van der Waals surface area contributed by atoms with Crippen LogP contribution in [0.1, 0.15) is 33.6 Å². The van der Waals surface area contributed by atoms with Gasteiger partial charge in [-0.1, -0.05) is 20.8 Å². The van der Waals surface area contributed by atoms with Gasteiger partial charge in [0, 0.05) is 12.5 Å². The Bertz CT molecular complexity index is 803. The summed E-state index contributed by atoms with van der Waals surface area (Å²) in [6.07, 6.45) is -0.216. The van der Waals surface area contributed by atoms with Crippen molar-refractivity contribution in [3.8, 4) is 0 Å². The van der Waals surface area contributed by atoms with Gasteiger partial charge in [-0.25, -0.2) is 4.79 Å². The number of ether oxygens (including phenoxy) is 1. The number of nitrogens with zero attached hydrogens (tertiary/aromatic N) is 1. The van der Waals surface area contributed by atoms with Gasteiger partial charge in [-0.3, -0.25) is 4.90 Å². The second kappa shape index (κ2) is 7.54. The second-order valence-corrected chi connectivity index (χ2v) is 15.2. The van der Waals surface area contributed by atoms with Crippen molar-refractivity contribution >= 4 is 24.4 Å². The molecule has 0 aliphatic carbocycles. The Balaban J connectivity index is 2.50. The Morgan fingerprint density at radius 1 is 1.21 bits per heavy atom. The lowest BCUT2D eigenvalue weighted by molar-refractivity contribution is -0.137. The molecule has 0 aromatic heterocycles. The lowest BCUT2D eigenvalue weighted by Crippen LogP contribution is -2.50. The minimum atomic E-state index is -5.90. The zero-order valence-corrected chi connectivity index (χ0v) is 19.4. The van der Waals surface area contributed by atoms with Crippen LogP contribution < -0.4 is 0 Å². The quantitative estimate of drug-likeness (QED) is 0.270. The Morgan fingerprint density at radius 3 is 2.21 bits per heavy atom. The zero-order valence-electron chi connectivity index (χ0n) is 17.6. The summed E-state index contributed by atoms with van der Waals surface area (Å²) in [4.78, 5) is 14.3. The van der Waals surface area contributed by atoms with Crippen molar-refractivity contribution in [3.05, 3.63) is 11.3 Å².